The molecule has 25 heavy (non-hydrogen) atoms. The van der Waals surface area contributed by atoms with Crippen LogP contribution in [0.25, 0.3) is 0 Å². The lowest BCUT2D eigenvalue weighted by molar-refractivity contribution is 0.0943. The minimum absolute atomic E-state index is 0.00305. The van der Waals surface area contributed by atoms with Crippen LogP contribution in [0.1, 0.15) is 31.1 Å². The summed E-state index contributed by atoms with van der Waals surface area (Å²) in [5.74, 6) is 0.353. The minimum Gasteiger partial charge on any atom is -0.494 e. The Labute approximate surface area is 148 Å². The molecule has 6 nitrogen and oxygen atoms in total. The Kier molecular flexibility index (Phi) is 6.03. The number of sulfonamides is 1. The number of hydrogen-bond donors (Lipinski definition) is 2. The first-order valence-electron chi connectivity index (χ1n) is 7.98. The fraction of sp³-hybridized carbons (Fsp3) is 0.278. The number of amides is 1. The third-order valence-electron chi connectivity index (χ3n) is 3.24. The van der Waals surface area contributed by atoms with Crippen LogP contribution in [0, 0.1) is 0 Å². The van der Waals surface area contributed by atoms with Crippen LogP contribution in [0.3, 0.4) is 0 Å². The Morgan fingerprint density at radius 2 is 1.80 bits per heavy atom. The number of nitrogens with one attached hydrogen (secondary N) is 2. The highest BCUT2D eigenvalue weighted by molar-refractivity contribution is 7.92. The zero-order valence-corrected chi connectivity index (χ0v) is 15.3. The fourth-order valence-corrected chi connectivity index (χ4v) is 3.21. The number of carbonyl (C=O) groups excluding carboxylic acids is 1. The molecule has 2 aromatic rings. The lowest BCUT2D eigenvalue weighted by Gasteiger charge is -2.11. The van der Waals surface area contributed by atoms with E-state index in [4.69, 9.17) is 4.74 Å². The monoisotopic (exact) mass is 362 g/mol. The summed E-state index contributed by atoms with van der Waals surface area (Å²) in [6.07, 6.45) is 0. The van der Waals surface area contributed by atoms with Crippen LogP contribution in [0.15, 0.2) is 53.4 Å². The summed E-state index contributed by atoms with van der Waals surface area (Å²) in [6, 6.07) is 12.5. The molecule has 2 aromatic carbocycles. The van der Waals surface area contributed by atoms with Gasteiger partial charge in [0.25, 0.3) is 15.9 Å². The smallest absolute Gasteiger partial charge is 0.261 e. The molecular weight excluding hydrogens is 340 g/mol. The van der Waals surface area contributed by atoms with Gasteiger partial charge in [-0.15, -0.1) is 0 Å². The molecule has 0 spiro atoms. The van der Waals surface area contributed by atoms with Gasteiger partial charge >= 0.3 is 0 Å². The maximum Gasteiger partial charge on any atom is 0.261 e. The molecule has 2 rings (SSSR count). The van der Waals surface area contributed by atoms with E-state index in [1.807, 2.05) is 20.8 Å². The SMILES string of the molecule is CCOc1ccc(S(=O)(=O)Nc2cccc(C(=O)NC(C)C)c2)cc1. The van der Waals surface area contributed by atoms with E-state index in [1.165, 1.54) is 18.2 Å². The molecule has 0 unspecified atom stereocenters. The minimum atomic E-state index is -3.75. The maximum absolute atomic E-state index is 12.5. The van der Waals surface area contributed by atoms with Crippen molar-refractivity contribution in [3.05, 3.63) is 54.1 Å². The standard InChI is InChI=1S/C18H22N2O4S/c1-4-24-16-8-10-17(11-9-16)25(22,23)20-15-7-5-6-14(12-15)18(21)19-13(2)3/h5-13,20H,4H2,1-3H3,(H,19,21). The topological polar surface area (TPSA) is 84.5 Å². The quantitative estimate of drug-likeness (QED) is 0.793. The van der Waals surface area contributed by atoms with Gasteiger partial charge < -0.3 is 10.1 Å². The highest BCUT2D eigenvalue weighted by atomic mass is 32.2. The second kappa shape index (κ2) is 8.02. The Morgan fingerprint density at radius 1 is 1.12 bits per heavy atom. The van der Waals surface area contributed by atoms with E-state index in [0.29, 0.717) is 23.6 Å². The third-order valence-corrected chi connectivity index (χ3v) is 4.64. The molecule has 0 aromatic heterocycles. The predicted octanol–water partition coefficient (Wildman–Crippen LogP) is 3.02. The number of anilines is 1. The van der Waals surface area contributed by atoms with Crippen molar-refractivity contribution in [1.82, 2.24) is 5.32 Å². The highest BCUT2D eigenvalue weighted by Gasteiger charge is 2.15. The Balaban J connectivity index is 2.18. The van der Waals surface area contributed by atoms with Gasteiger partial charge in [-0.05, 0) is 63.2 Å². The van der Waals surface area contributed by atoms with E-state index in [2.05, 4.69) is 10.0 Å². The average molecular weight is 362 g/mol. The van der Waals surface area contributed by atoms with Gasteiger partial charge in [0.05, 0.1) is 11.5 Å². The Morgan fingerprint density at radius 3 is 2.40 bits per heavy atom. The van der Waals surface area contributed by atoms with Gasteiger partial charge in [-0.3, -0.25) is 9.52 Å². The van der Waals surface area contributed by atoms with Gasteiger partial charge in [0.15, 0.2) is 0 Å². The highest BCUT2D eigenvalue weighted by Crippen LogP contribution is 2.20. The molecule has 134 valence electrons. The summed E-state index contributed by atoms with van der Waals surface area (Å²) < 4.78 is 32.7. The first-order valence-corrected chi connectivity index (χ1v) is 9.46. The summed E-state index contributed by atoms with van der Waals surface area (Å²) in [6.45, 7) is 6.08. The molecule has 0 fully saturated rings. The van der Waals surface area contributed by atoms with Crippen LogP contribution in [-0.2, 0) is 10.0 Å². The third kappa shape index (κ3) is 5.22. The van der Waals surface area contributed by atoms with Crippen molar-refractivity contribution in [2.24, 2.45) is 0 Å². The molecule has 0 bridgehead atoms. The number of hydrogen-bond acceptors (Lipinski definition) is 4. The molecule has 0 saturated carbocycles. The van der Waals surface area contributed by atoms with E-state index >= 15 is 0 Å². The van der Waals surface area contributed by atoms with Gasteiger partial charge in [-0.2, -0.15) is 0 Å². The molecule has 2 N–H and O–H groups in total. The summed E-state index contributed by atoms with van der Waals surface area (Å²) in [7, 11) is -3.75. The average Bonchev–Trinajstić information content (AvgIpc) is 2.55. The van der Waals surface area contributed by atoms with Crippen molar-refractivity contribution < 1.29 is 17.9 Å². The second-order valence-corrected chi connectivity index (χ2v) is 7.40. The van der Waals surface area contributed by atoms with Gasteiger partial charge in [-0.25, -0.2) is 8.42 Å². The number of rotatable bonds is 7. The van der Waals surface area contributed by atoms with Crippen LogP contribution in [0.5, 0.6) is 5.75 Å². The molecule has 0 atom stereocenters. The molecule has 0 saturated heterocycles. The van der Waals surface area contributed by atoms with Crippen LogP contribution in [-0.4, -0.2) is 27.0 Å². The van der Waals surface area contributed by atoms with Crippen molar-refractivity contribution >= 4 is 21.6 Å². The van der Waals surface area contributed by atoms with Crippen molar-refractivity contribution in [3.63, 3.8) is 0 Å². The second-order valence-electron chi connectivity index (χ2n) is 5.72. The largest absolute Gasteiger partial charge is 0.494 e. The zero-order chi connectivity index (χ0) is 18.4. The molecule has 0 heterocycles. The van der Waals surface area contributed by atoms with E-state index in [0.717, 1.165) is 0 Å². The van der Waals surface area contributed by atoms with Gasteiger partial charge in [0, 0.05) is 17.3 Å². The van der Waals surface area contributed by atoms with Crippen molar-refractivity contribution in [3.8, 4) is 5.75 Å². The molecule has 0 aliphatic carbocycles. The van der Waals surface area contributed by atoms with E-state index < -0.39 is 10.0 Å². The molecule has 0 aliphatic heterocycles. The maximum atomic E-state index is 12.5. The predicted molar refractivity (Wildman–Crippen MR) is 97.5 cm³/mol. The molecule has 1 amide bonds. The van der Waals surface area contributed by atoms with E-state index in [1.54, 1.807) is 30.3 Å². The van der Waals surface area contributed by atoms with E-state index in [-0.39, 0.29) is 16.8 Å². The van der Waals surface area contributed by atoms with E-state index in [9.17, 15) is 13.2 Å². The van der Waals surface area contributed by atoms with Crippen molar-refractivity contribution in [2.75, 3.05) is 11.3 Å². The summed E-state index contributed by atoms with van der Waals surface area (Å²) >= 11 is 0. The fourth-order valence-electron chi connectivity index (χ4n) is 2.17. The lowest BCUT2D eigenvalue weighted by Crippen LogP contribution is -2.30. The van der Waals surface area contributed by atoms with Crippen molar-refractivity contribution in [2.45, 2.75) is 31.7 Å². The molecular formula is C18H22N2O4S. The molecule has 0 radical (unpaired) electrons. The summed E-state index contributed by atoms with van der Waals surface area (Å²) in [4.78, 5) is 12.2. The van der Waals surface area contributed by atoms with Gasteiger partial charge in [0.2, 0.25) is 0 Å². The zero-order valence-electron chi connectivity index (χ0n) is 14.4. The normalized spacial score (nSPS) is 11.2. The molecule has 0 aliphatic rings. The Bertz CT molecular complexity index is 830. The van der Waals surface area contributed by atoms with Crippen LogP contribution in [0.4, 0.5) is 5.69 Å². The first kappa shape index (κ1) is 18.8. The van der Waals surface area contributed by atoms with Crippen molar-refractivity contribution in [1.29, 1.82) is 0 Å². The summed E-state index contributed by atoms with van der Waals surface area (Å²) in [5.41, 5.74) is 0.714. The first-order chi connectivity index (χ1) is 11.8. The van der Waals surface area contributed by atoms with Crippen LogP contribution >= 0.6 is 0 Å². The summed E-state index contributed by atoms with van der Waals surface area (Å²) in [5, 5.41) is 2.77. The van der Waals surface area contributed by atoms with Gasteiger partial charge in [0.1, 0.15) is 5.75 Å². The number of ether oxygens (including phenoxy) is 1. The molecule has 7 heteroatoms. The number of carbonyl (C=O) groups is 1. The Hall–Kier alpha value is -2.54. The van der Waals surface area contributed by atoms with Gasteiger partial charge in [-0.1, -0.05) is 6.07 Å². The lowest BCUT2D eigenvalue weighted by atomic mass is 10.2. The van der Waals surface area contributed by atoms with Crippen LogP contribution in [0.2, 0.25) is 0 Å². The number of benzene rings is 2. The van der Waals surface area contributed by atoms with Crippen LogP contribution < -0.4 is 14.8 Å².